The lowest BCUT2D eigenvalue weighted by Gasteiger charge is -2.25. The number of ether oxygens (including phenoxy) is 2. The highest BCUT2D eigenvalue weighted by molar-refractivity contribution is 5.53. The third-order valence-electron chi connectivity index (χ3n) is 2.95. The first-order chi connectivity index (χ1) is 8.04. The first-order valence-electron chi connectivity index (χ1n) is 6.07. The second kappa shape index (κ2) is 4.44. The van der Waals surface area contributed by atoms with Crippen molar-refractivity contribution in [3.05, 3.63) is 35.9 Å². The Balaban J connectivity index is 2.49. The highest BCUT2D eigenvalue weighted by Crippen LogP contribution is 2.41. The maximum absolute atomic E-state index is 5.76. The highest BCUT2D eigenvalue weighted by atomic mass is 16.5. The molecule has 0 radical (unpaired) electrons. The number of rotatable bonds is 3. The van der Waals surface area contributed by atoms with Gasteiger partial charge in [0.15, 0.2) is 0 Å². The average molecular weight is 232 g/mol. The van der Waals surface area contributed by atoms with Crippen molar-refractivity contribution in [1.29, 1.82) is 0 Å². The van der Waals surface area contributed by atoms with Gasteiger partial charge in [-0.3, -0.25) is 0 Å². The van der Waals surface area contributed by atoms with E-state index in [2.05, 4.69) is 27.4 Å². The molecule has 1 heterocycles. The van der Waals surface area contributed by atoms with Gasteiger partial charge in [0.2, 0.25) is 0 Å². The molecule has 2 nitrogen and oxygen atoms in total. The molecule has 1 aliphatic heterocycles. The molecule has 0 amide bonds. The predicted octanol–water partition coefficient (Wildman–Crippen LogP) is 3.48. The van der Waals surface area contributed by atoms with E-state index in [0.717, 1.165) is 24.5 Å². The third kappa shape index (κ3) is 2.31. The number of benzene rings is 1. The van der Waals surface area contributed by atoms with Crippen LogP contribution in [0.2, 0.25) is 0 Å². The van der Waals surface area contributed by atoms with E-state index >= 15 is 0 Å². The average Bonchev–Trinajstić information content (AvgIpc) is 2.71. The summed E-state index contributed by atoms with van der Waals surface area (Å²) in [5, 5.41) is 0. The summed E-state index contributed by atoms with van der Waals surface area (Å²) in [6.07, 6.45) is 2.75. The van der Waals surface area contributed by atoms with Crippen LogP contribution >= 0.6 is 0 Å². The molecule has 0 atom stereocenters. The van der Waals surface area contributed by atoms with Crippen LogP contribution < -0.4 is 9.47 Å². The van der Waals surface area contributed by atoms with Crippen molar-refractivity contribution in [3.63, 3.8) is 0 Å². The standard InChI is InChI=1S/C15H20O2/c1-5-9-16-13-7-6-12-11(8-10-17-12)14(13)15(2,3)4/h5-7H,1,8-10H2,2-4H3. The minimum absolute atomic E-state index is 0.0650. The Morgan fingerprint density at radius 2 is 2.18 bits per heavy atom. The summed E-state index contributed by atoms with van der Waals surface area (Å²) in [4.78, 5) is 0. The van der Waals surface area contributed by atoms with Crippen molar-refractivity contribution >= 4 is 0 Å². The van der Waals surface area contributed by atoms with E-state index < -0.39 is 0 Å². The summed E-state index contributed by atoms with van der Waals surface area (Å²) >= 11 is 0. The van der Waals surface area contributed by atoms with Crippen molar-refractivity contribution in [2.75, 3.05) is 13.2 Å². The van der Waals surface area contributed by atoms with Crippen molar-refractivity contribution < 1.29 is 9.47 Å². The van der Waals surface area contributed by atoms with Crippen LogP contribution in [0.25, 0.3) is 0 Å². The molecule has 0 aromatic heterocycles. The summed E-state index contributed by atoms with van der Waals surface area (Å²) in [5.41, 5.74) is 2.64. The molecule has 1 aromatic carbocycles. The smallest absolute Gasteiger partial charge is 0.124 e. The lowest BCUT2D eigenvalue weighted by molar-refractivity contribution is 0.347. The predicted molar refractivity (Wildman–Crippen MR) is 70.0 cm³/mol. The minimum Gasteiger partial charge on any atom is -0.493 e. The number of hydrogen-bond donors (Lipinski definition) is 0. The van der Waals surface area contributed by atoms with E-state index in [0.29, 0.717) is 6.61 Å². The zero-order chi connectivity index (χ0) is 12.5. The largest absolute Gasteiger partial charge is 0.493 e. The van der Waals surface area contributed by atoms with Crippen molar-refractivity contribution in [3.8, 4) is 11.5 Å². The Morgan fingerprint density at radius 3 is 2.82 bits per heavy atom. The van der Waals surface area contributed by atoms with Gasteiger partial charge in [0.05, 0.1) is 6.61 Å². The molecule has 0 saturated carbocycles. The fraction of sp³-hybridized carbons (Fsp3) is 0.467. The van der Waals surface area contributed by atoms with E-state index in [1.54, 1.807) is 6.08 Å². The van der Waals surface area contributed by atoms with Crippen LogP contribution in [0.15, 0.2) is 24.8 Å². The second-order valence-corrected chi connectivity index (χ2v) is 5.36. The van der Waals surface area contributed by atoms with Gasteiger partial charge in [-0.25, -0.2) is 0 Å². The molecule has 0 aliphatic carbocycles. The van der Waals surface area contributed by atoms with Crippen molar-refractivity contribution in [1.82, 2.24) is 0 Å². The van der Waals surface area contributed by atoms with Gasteiger partial charge in [0.25, 0.3) is 0 Å². The highest BCUT2D eigenvalue weighted by Gasteiger charge is 2.27. The summed E-state index contributed by atoms with van der Waals surface area (Å²) < 4.78 is 11.4. The Morgan fingerprint density at radius 1 is 1.41 bits per heavy atom. The van der Waals surface area contributed by atoms with Gasteiger partial charge < -0.3 is 9.47 Å². The van der Waals surface area contributed by atoms with Crippen LogP contribution in [0, 0.1) is 0 Å². The molecule has 1 aliphatic rings. The Labute approximate surface area is 103 Å². The summed E-state index contributed by atoms with van der Waals surface area (Å²) in [7, 11) is 0. The summed E-state index contributed by atoms with van der Waals surface area (Å²) in [6.45, 7) is 11.6. The molecule has 0 N–H and O–H groups in total. The molecular weight excluding hydrogens is 212 g/mol. The summed E-state index contributed by atoms with van der Waals surface area (Å²) in [5.74, 6) is 1.97. The second-order valence-electron chi connectivity index (χ2n) is 5.36. The molecule has 2 rings (SSSR count). The van der Waals surface area contributed by atoms with Crippen LogP contribution in [0.4, 0.5) is 0 Å². The normalized spacial score (nSPS) is 14.1. The molecule has 17 heavy (non-hydrogen) atoms. The maximum Gasteiger partial charge on any atom is 0.124 e. The molecule has 1 aromatic rings. The van der Waals surface area contributed by atoms with Crippen LogP contribution in [0.3, 0.4) is 0 Å². The molecule has 2 heteroatoms. The van der Waals surface area contributed by atoms with Crippen molar-refractivity contribution in [2.45, 2.75) is 32.6 Å². The molecule has 0 unspecified atom stereocenters. The quantitative estimate of drug-likeness (QED) is 0.743. The SMILES string of the molecule is C=CCOc1ccc2c(c1C(C)(C)C)CCO2. The fourth-order valence-electron chi connectivity index (χ4n) is 2.34. The molecule has 0 fully saturated rings. The van der Waals surface area contributed by atoms with Crippen LogP contribution in [-0.2, 0) is 11.8 Å². The monoisotopic (exact) mass is 232 g/mol. The van der Waals surface area contributed by atoms with Crippen LogP contribution in [0.1, 0.15) is 31.9 Å². The molecule has 0 spiro atoms. The van der Waals surface area contributed by atoms with Gasteiger partial charge in [-0.05, 0) is 17.5 Å². The van der Waals surface area contributed by atoms with Crippen LogP contribution in [0.5, 0.6) is 11.5 Å². The first kappa shape index (κ1) is 12.0. The number of hydrogen-bond acceptors (Lipinski definition) is 2. The first-order valence-corrected chi connectivity index (χ1v) is 6.07. The lowest BCUT2D eigenvalue weighted by Crippen LogP contribution is -2.16. The van der Waals surface area contributed by atoms with Gasteiger partial charge in [-0.2, -0.15) is 0 Å². The van der Waals surface area contributed by atoms with Gasteiger partial charge in [0.1, 0.15) is 18.1 Å². The molecule has 0 saturated heterocycles. The van der Waals surface area contributed by atoms with Gasteiger partial charge >= 0.3 is 0 Å². The zero-order valence-corrected chi connectivity index (χ0v) is 10.9. The minimum atomic E-state index is 0.0650. The fourth-order valence-corrected chi connectivity index (χ4v) is 2.34. The Kier molecular flexibility index (Phi) is 3.14. The van der Waals surface area contributed by atoms with Crippen molar-refractivity contribution in [2.24, 2.45) is 0 Å². The lowest BCUT2D eigenvalue weighted by atomic mass is 9.82. The summed E-state index contributed by atoms with van der Waals surface area (Å²) in [6, 6.07) is 4.02. The zero-order valence-electron chi connectivity index (χ0n) is 10.9. The Hall–Kier alpha value is -1.44. The van der Waals surface area contributed by atoms with E-state index in [-0.39, 0.29) is 5.41 Å². The Bertz CT molecular complexity index is 427. The van der Waals surface area contributed by atoms with Gasteiger partial charge in [-0.15, -0.1) is 0 Å². The van der Waals surface area contributed by atoms with Crippen LogP contribution in [-0.4, -0.2) is 13.2 Å². The number of fused-ring (bicyclic) bond motifs is 1. The topological polar surface area (TPSA) is 18.5 Å². The van der Waals surface area contributed by atoms with E-state index in [1.807, 2.05) is 12.1 Å². The molecular formula is C15H20O2. The third-order valence-corrected chi connectivity index (χ3v) is 2.95. The van der Waals surface area contributed by atoms with E-state index in [1.165, 1.54) is 11.1 Å². The van der Waals surface area contributed by atoms with Gasteiger partial charge in [-0.1, -0.05) is 33.4 Å². The van der Waals surface area contributed by atoms with E-state index in [4.69, 9.17) is 9.47 Å². The molecule has 92 valence electrons. The maximum atomic E-state index is 5.76. The molecule has 0 bridgehead atoms. The van der Waals surface area contributed by atoms with Gasteiger partial charge in [0, 0.05) is 17.5 Å². The van der Waals surface area contributed by atoms with E-state index in [9.17, 15) is 0 Å².